The Labute approximate surface area is 186 Å². The maximum atomic E-state index is 11.1. The molecular formula is C27H48O3. The monoisotopic (exact) mass is 420 g/mol. The third-order valence-corrected chi connectivity index (χ3v) is 6.90. The summed E-state index contributed by atoms with van der Waals surface area (Å²) in [5.74, 6) is 0.569. The van der Waals surface area contributed by atoms with Gasteiger partial charge in [-0.1, -0.05) is 90.0 Å². The Morgan fingerprint density at radius 1 is 1.00 bits per heavy atom. The fourth-order valence-corrected chi connectivity index (χ4v) is 4.81. The van der Waals surface area contributed by atoms with Gasteiger partial charge in [0, 0.05) is 6.42 Å². The topological polar surface area (TPSA) is 57.5 Å². The van der Waals surface area contributed by atoms with Crippen molar-refractivity contribution in [3.8, 4) is 0 Å². The van der Waals surface area contributed by atoms with Crippen LogP contribution in [0.15, 0.2) is 24.3 Å². The molecule has 3 heteroatoms. The summed E-state index contributed by atoms with van der Waals surface area (Å²) in [5.41, 5.74) is 0.406. The van der Waals surface area contributed by atoms with Crippen molar-refractivity contribution in [1.82, 2.24) is 0 Å². The van der Waals surface area contributed by atoms with Crippen LogP contribution in [-0.4, -0.2) is 22.3 Å². The third-order valence-electron chi connectivity index (χ3n) is 6.90. The van der Waals surface area contributed by atoms with Crippen LogP contribution < -0.4 is 0 Å². The molecule has 1 saturated carbocycles. The third kappa shape index (κ3) is 12.6. The number of aliphatic hydroxyl groups excluding tert-OH is 1. The molecule has 174 valence electrons. The number of aliphatic carboxylic acids is 1. The van der Waals surface area contributed by atoms with E-state index in [1.807, 2.05) is 12.2 Å². The SMILES string of the molecule is CCCCCC(O)C=CC=CCC1(CCC(CCC(=O)O)CCC(C)C)CCCC1. The Kier molecular flexibility index (Phi) is 14.1. The highest BCUT2D eigenvalue weighted by Crippen LogP contribution is 2.46. The van der Waals surface area contributed by atoms with Crippen LogP contribution in [0.4, 0.5) is 0 Å². The molecule has 0 saturated heterocycles. The minimum atomic E-state index is -0.660. The van der Waals surface area contributed by atoms with Gasteiger partial charge in [0.15, 0.2) is 0 Å². The molecule has 1 rings (SSSR count). The summed E-state index contributed by atoms with van der Waals surface area (Å²) in [4.78, 5) is 11.1. The average molecular weight is 421 g/mol. The zero-order valence-electron chi connectivity index (χ0n) is 20.0. The standard InChI is InChI=1S/C27H48O3/c1-4-5-7-12-25(28)13-8-6-9-19-27(20-10-11-21-27)22-18-24(15-14-23(2)3)16-17-26(29)30/h6,8-9,13,23-25,28H,4-5,7,10-12,14-22H2,1-3H3,(H,29,30). The van der Waals surface area contributed by atoms with Gasteiger partial charge in [-0.15, -0.1) is 0 Å². The molecule has 0 aromatic heterocycles. The van der Waals surface area contributed by atoms with Crippen molar-refractivity contribution in [2.24, 2.45) is 17.3 Å². The lowest BCUT2D eigenvalue weighted by Crippen LogP contribution is -2.18. The predicted molar refractivity (Wildman–Crippen MR) is 128 cm³/mol. The zero-order chi connectivity index (χ0) is 22.2. The van der Waals surface area contributed by atoms with Gasteiger partial charge < -0.3 is 10.2 Å². The lowest BCUT2D eigenvalue weighted by atomic mass is 9.75. The first-order valence-electron chi connectivity index (χ1n) is 12.6. The van der Waals surface area contributed by atoms with Gasteiger partial charge in [0.25, 0.3) is 0 Å². The Morgan fingerprint density at radius 3 is 2.37 bits per heavy atom. The van der Waals surface area contributed by atoms with Gasteiger partial charge in [0.05, 0.1) is 6.10 Å². The van der Waals surface area contributed by atoms with Crippen molar-refractivity contribution in [1.29, 1.82) is 0 Å². The van der Waals surface area contributed by atoms with Crippen molar-refractivity contribution in [3.63, 3.8) is 0 Å². The summed E-state index contributed by atoms with van der Waals surface area (Å²) in [7, 11) is 0. The molecule has 30 heavy (non-hydrogen) atoms. The summed E-state index contributed by atoms with van der Waals surface area (Å²) in [6, 6.07) is 0. The minimum absolute atomic E-state index is 0.307. The Balaban J connectivity index is 2.51. The summed E-state index contributed by atoms with van der Waals surface area (Å²) < 4.78 is 0. The van der Waals surface area contributed by atoms with Gasteiger partial charge >= 0.3 is 5.97 Å². The molecule has 2 N–H and O–H groups in total. The zero-order valence-corrected chi connectivity index (χ0v) is 20.0. The molecule has 1 fully saturated rings. The molecule has 0 aromatic rings. The summed E-state index contributed by atoms with van der Waals surface area (Å²) in [6.45, 7) is 6.69. The summed E-state index contributed by atoms with van der Waals surface area (Å²) >= 11 is 0. The van der Waals surface area contributed by atoms with Gasteiger partial charge in [-0.2, -0.15) is 0 Å². The smallest absolute Gasteiger partial charge is 0.303 e. The molecule has 2 atom stereocenters. The van der Waals surface area contributed by atoms with E-state index >= 15 is 0 Å². The average Bonchev–Trinajstić information content (AvgIpc) is 3.16. The Hall–Kier alpha value is -1.09. The molecule has 0 amide bonds. The number of carbonyl (C=O) groups is 1. The highest BCUT2D eigenvalue weighted by Gasteiger charge is 2.32. The van der Waals surface area contributed by atoms with Crippen molar-refractivity contribution < 1.29 is 15.0 Å². The van der Waals surface area contributed by atoms with Crippen molar-refractivity contribution in [2.75, 3.05) is 0 Å². The van der Waals surface area contributed by atoms with E-state index in [1.54, 1.807) is 0 Å². The highest BCUT2D eigenvalue weighted by molar-refractivity contribution is 5.66. The van der Waals surface area contributed by atoms with E-state index in [0.717, 1.165) is 32.1 Å². The van der Waals surface area contributed by atoms with Crippen LogP contribution in [-0.2, 0) is 4.79 Å². The quantitative estimate of drug-likeness (QED) is 0.187. The molecule has 0 aromatic carbocycles. The maximum absolute atomic E-state index is 11.1. The highest BCUT2D eigenvalue weighted by atomic mass is 16.4. The lowest BCUT2D eigenvalue weighted by molar-refractivity contribution is -0.137. The van der Waals surface area contributed by atoms with E-state index < -0.39 is 5.97 Å². The molecule has 1 aliphatic carbocycles. The molecule has 0 aliphatic heterocycles. The number of hydrogen-bond donors (Lipinski definition) is 2. The lowest BCUT2D eigenvalue weighted by Gasteiger charge is -2.30. The first-order valence-corrected chi connectivity index (χ1v) is 12.6. The van der Waals surface area contributed by atoms with Crippen LogP contribution in [0.25, 0.3) is 0 Å². The number of rotatable bonds is 17. The molecule has 0 heterocycles. The number of allylic oxidation sites excluding steroid dienone is 3. The fraction of sp³-hybridized carbons (Fsp3) is 0.815. The minimum Gasteiger partial charge on any atom is -0.481 e. The van der Waals surface area contributed by atoms with E-state index in [1.165, 1.54) is 57.8 Å². The van der Waals surface area contributed by atoms with Crippen LogP contribution in [0, 0.1) is 17.3 Å². The van der Waals surface area contributed by atoms with Crippen molar-refractivity contribution >= 4 is 5.97 Å². The van der Waals surface area contributed by atoms with Crippen molar-refractivity contribution in [2.45, 2.75) is 123 Å². The second-order valence-corrected chi connectivity index (χ2v) is 10.1. The van der Waals surface area contributed by atoms with E-state index in [-0.39, 0.29) is 6.10 Å². The van der Waals surface area contributed by atoms with Gasteiger partial charge in [-0.3, -0.25) is 4.79 Å². The first kappa shape index (κ1) is 26.9. The molecule has 3 nitrogen and oxygen atoms in total. The second-order valence-electron chi connectivity index (χ2n) is 10.1. The van der Waals surface area contributed by atoms with Gasteiger partial charge in [-0.25, -0.2) is 0 Å². The predicted octanol–water partition coefficient (Wildman–Crippen LogP) is 7.69. The Morgan fingerprint density at radius 2 is 1.73 bits per heavy atom. The number of unbranched alkanes of at least 4 members (excludes halogenated alkanes) is 2. The molecule has 0 bridgehead atoms. The van der Waals surface area contributed by atoms with Gasteiger partial charge in [0.2, 0.25) is 0 Å². The molecular weight excluding hydrogens is 372 g/mol. The number of hydrogen-bond acceptors (Lipinski definition) is 2. The molecule has 0 spiro atoms. The largest absolute Gasteiger partial charge is 0.481 e. The maximum Gasteiger partial charge on any atom is 0.303 e. The van der Waals surface area contributed by atoms with Crippen LogP contribution in [0.1, 0.15) is 117 Å². The van der Waals surface area contributed by atoms with E-state index in [2.05, 4.69) is 32.9 Å². The molecule has 0 radical (unpaired) electrons. The normalized spacial score (nSPS) is 18.6. The number of carboxylic acid groups (broad SMARTS) is 1. The Bertz CT molecular complexity index is 500. The van der Waals surface area contributed by atoms with Crippen LogP contribution >= 0.6 is 0 Å². The fourth-order valence-electron chi connectivity index (χ4n) is 4.81. The van der Waals surface area contributed by atoms with Crippen molar-refractivity contribution in [3.05, 3.63) is 24.3 Å². The second kappa shape index (κ2) is 15.7. The van der Waals surface area contributed by atoms with Gasteiger partial charge in [-0.05, 0) is 62.2 Å². The van der Waals surface area contributed by atoms with Crippen LogP contribution in [0.3, 0.4) is 0 Å². The van der Waals surface area contributed by atoms with Gasteiger partial charge in [0.1, 0.15) is 0 Å². The van der Waals surface area contributed by atoms with Crippen LogP contribution in [0.2, 0.25) is 0 Å². The molecule has 2 unspecified atom stereocenters. The van der Waals surface area contributed by atoms with E-state index in [9.17, 15) is 9.90 Å². The molecule has 1 aliphatic rings. The summed E-state index contributed by atoms with van der Waals surface area (Å²) in [6.07, 6.45) is 24.6. The number of aliphatic hydroxyl groups is 1. The van der Waals surface area contributed by atoms with Crippen LogP contribution in [0.5, 0.6) is 0 Å². The van der Waals surface area contributed by atoms with E-state index in [4.69, 9.17) is 5.11 Å². The number of carboxylic acids is 1. The first-order chi connectivity index (χ1) is 14.4. The summed E-state index contributed by atoms with van der Waals surface area (Å²) in [5, 5.41) is 19.1. The van der Waals surface area contributed by atoms with E-state index in [0.29, 0.717) is 23.7 Å².